The van der Waals surface area contributed by atoms with Crippen molar-refractivity contribution in [1.29, 1.82) is 0 Å². The van der Waals surface area contributed by atoms with E-state index in [2.05, 4.69) is 48.4 Å². The van der Waals surface area contributed by atoms with Crippen molar-refractivity contribution in [2.24, 2.45) is 16.8 Å². The van der Waals surface area contributed by atoms with Crippen LogP contribution in [0.3, 0.4) is 0 Å². The van der Waals surface area contributed by atoms with Crippen LogP contribution in [0, 0.1) is 11.8 Å². The predicted molar refractivity (Wildman–Crippen MR) is 127 cm³/mol. The molecule has 1 aromatic carbocycles. The van der Waals surface area contributed by atoms with Gasteiger partial charge in [0.25, 0.3) is 0 Å². The molecular formula is C24H42N4O3. The van der Waals surface area contributed by atoms with E-state index in [0.717, 1.165) is 76.1 Å². The molecule has 7 heteroatoms. The lowest BCUT2D eigenvalue weighted by atomic mass is 9.94. The van der Waals surface area contributed by atoms with E-state index in [1.165, 1.54) is 0 Å². The largest absolute Gasteiger partial charge is 0.492 e. The number of rotatable bonds is 13. The number of ether oxygens (including phenoxy) is 2. The summed E-state index contributed by atoms with van der Waals surface area (Å²) in [7, 11) is 0. The van der Waals surface area contributed by atoms with Gasteiger partial charge in [-0.3, -0.25) is 4.90 Å². The zero-order valence-electron chi connectivity index (χ0n) is 19.6. The molecule has 1 fully saturated rings. The topological polar surface area (TPSA) is 78.4 Å². The summed E-state index contributed by atoms with van der Waals surface area (Å²) in [4.78, 5) is 7.11. The fraction of sp³-hybridized carbons (Fsp3) is 0.708. The molecule has 1 aliphatic rings. The van der Waals surface area contributed by atoms with Gasteiger partial charge in [0.2, 0.25) is 0 Å². The fourth-order valence-electron chi connectivity index (χ4n) is 3.76. The minimum atomic E-state index is 0.227. The Morgan fingerprint density at radius 3 is 2.77 bits per heavy atom. The molecule has 1 aromatic rings. The van der Waals surface area contributed by atoms with Crippen molar-refractivity contribution in [3.8, 4) is 5.75 Å². The van der Waals surface area contributed by atoms with Crippen molar-refractivity contribution in [3.05, 3.63) is 29.8 Å². The molecule has 0 aliphatic carbocycles. The molecule has 0 bridgehead atoms. The molecule has 1 unspecified atom stereocenters. The highest BCUT2D eigenvalue weighted by atomic mass is 16.5. The van der Waals surface area contributed by atoms with Crippen molar-refractivity contribution >= 4 is 5.96 Å². The van der Waals surface area contributed by atoms with Crippen LogP contribution in [0.15, 0.2) is 29.3 Å². The molecule has 1 aliphatic heterocycles. The zero-order chi connectivity index (χ0) is 22.3. The van der Waals surface area contributed by atoms with Crippen LogP contribution in [0.25, 0.3) is 0 Å². The molecule has 1 heterocycles. The van der Waals surface area contributed by atoms with Crippen LogP contribution in [0.1, 0.15) is 39.2 Å². The van der Waals surface area contributed by atoms with Gasteiger partial charge in [0.1, 0.15) is 12.4 Å². The minimum Gasteiger partial charge on any atom is -0.492 e. The van der Waals surface area contributed by atoms with Crippen molar-refractivity contribution in [2.45, 2.75) is 40.2 Å². The van der Waals surface area contributed by atoms with Gasteiger partial charge < -0.3 is 25.2 Å². The van der Waals surface area contributed by atoms with Gasteiger partial charge in [-0.05, 0) is 49.3 Å². The predicted octanol–water partition coefficient (Wildman–Crippen LogP) is 2.50. The van der Waals surface area contributed by atoms with Gasteiger partial charge in [-0.25, -0.2) is 4.99 Å². The number of nitrogens with one attached hydrogen (secondary N) is 2. The van der Waals surface area contributed by atoms with E-state index < -0.39 is 0 Å². The molecule has 0 amide bonds. The van der Waals surface area contributed by atoms with E-state index in [4.69, 9.17) is 14.5 Å². The number of aliphatic hydroxyl groups excluding tert-OH is 1. The molecule has 2 rings (SSSR count). The van der Waals surface area contributed by atoms with Gasteiger partial charge in [0.05, 0.1) is 19.8 Å². The van der Waals surface area contributed by atoms with Crippen LogP contribution in [0.2, 0.25) is 0 Å². The van der Waals surface area contributed by atoms with Gasteiger partial charge >= 0.3 is 0 Å². The Balaban J connectivity index is 1.84. The highest BCUT2D eigenvalue weighted by Crippen LogP contribution is 2.15. The maximum Gasteiger partial charge on any atom is 0.191 e. The van der Waals surface area contributed by atoms with E-state index in [1.54, 1.807) is 0 Å². The third kappa shape index (κ3) is 10.8. The fourth-order valence-corrected chi connectivity index (χ4v) is 3.76. The van der Waals surface area contributed by atoms with E-state index in [-0.39, 0.29) is 6.61 Å². The second-order valence-corrected chi connectivity index (χ2v) is 8.53. The van der Waals surface area contributed by atoms with Gasteiger partial charge in [-0.1, -0.05) is 26.0 Å². The van der Waals surface area contributed by atoms with Crippen molar-refractivity contribution < 1.29 is 14.6 Å². The molecule has 1 atom stereocenters. The highest BCUT2D eigenvalue weighted by molar-refractivity contribution is 5.79. The Morgan fingerprint density at radius 2 is 2.06 bits per heavy atom. The van der Waals surface area contributed by atoms with Crippen LogP contribution in [-0.2, 0) is 11.3 Å². The first-order valence-corrected chi connectivity index (χ1v) is 11.8. The molecule has 31 heavy (non-hydrogen) atoms. The first-order valence-electron chi connectivity index (χ1n) is 11.8. The number of aliphatic hydroxyl groups is 1. The SMILES string of the molecule is CCNC(=NCc1cccc(OCCN2CCOCC2)c1)NCC(CCO)CC(C)C. The second kappa shape index (κ2) is 15.1. The van der Waals surface area contributed by atoms with Gasteiger partial charge in [-0.2, -0.15) is 0 Å². The molecule has 7 nitrogen and oxygen atoms in total. The zero-order valence-corrected chi connectivity index (χ0v) is 19.6. The third-order valence-electron chi connectivity index (χ3n) is 5.34. The number of benzene rings is 1. The van der Waals surface area contributed by atoms with Crippen LogP contribution in [0.5, 0.6) is 5.75 Å². The molecule has 0 spiro atoms. The summed E-state index contributed by atoms with van der Waals surface area (Å²) >= 11 is 0. The molecule has 0 saturated carbocycles. The maximum atomic E-state index is 9.34. The monoisotopic (exact) mass is 434 g/mol. The maximum absolute atomic E-state index is 9.34. The number of guanidine groups is 1. The molecule has 0 radical (unpaired) electrons. The minimum absolute atomic E-state index is 0.227. The lowest BCUT2D eigenvalue weighted by Gasteiger charge is -2.26. The van der Waals surface area contributed by atoms with E-state index in [0.29, 0.717) is 25.0 Å². The normalized spacial score (nSPS) is 16.4. The van der Waals surface area contributed by atoms with Crippen molar-refractivity contribution in [1.82, 2.24) is 15.5 Å². The van der Waals surface area contributed by atoms with Crippen LogP contribution in [0.4, 0.5) is 0 Å². The summed E-state index contributed by atoms with van der Waals surface area (Å²) in [6.07, 6.45) is 1.91. The molecule has 176 valence electrons. The number of aliphatic imine (C=N–C) groups is 1. The average molecular weight is 435 g/mol. The quantitative estimate of drug-likeness (QED) is 0.327. The van der Waals surface area contributed by atoms with Crippen molar-refractivity contribution in [2.75, 3.05) is 59.2 Å². The summed E-state index contributed by atoms with van der Waals surface area (Å²) in [5, 5.41) is 16.1. The highest BCUT2D eigenvalue weighted by Gasteiger charge is 2.12. The van der Waals surface area contributed by atoms with Crippen LogP contribution >= 0.6 is 0 Å². The average Bonchev–Trinajstić information content (AvgIpc) is 2.76. The summed E-state index contributed by atoms with van der Waals surface area (Å²) in [6.45, 7) is 14.1. The Morgan fingerprint density at radius 1 is 1.26 bits per heavy atom. The van der Waals surface area contributed by atoms with E-state index in [1.807, 2.05) is 12.1 Å². The second-order valence-electron chi connectivity index (χ2n) is 8.53. The third-order valence-corrected chi connectivity index (χ3v) is 5.34. The lowest BCUT2D eigenvalue weighted by Crippen LogP contribution is -2.40. The van der Waals surface area contributed by atoms with Crippen LogP contribution < -0.4 is 15.4 Å². The van der Waals surface area contributed by atoms with E-state index in [9.17, 15) is 5.11 Å². The number of nitrogens with zero attached hydrogens (tertiary/aromatic N) is 2. The van der Waals surface area contributed by atoms with Gasteiger partial charge in [-0.15, -0.1) is 0 Å². The first-order chi connectivity index (χ1) is 15.1. The molecular weight excluding hydrogens is 392 g/mol. The Hall–Kier alpha value is -1.83. The smallest absolute Gasteiger partial charge is 0.191 e. The molecule has 3 N–H and O–H groups in total. The molecule has 0 aromatic heterocycles. The standard InChI is InChI=1S/C24H42N4O3/c1-4-25-24(27-19-22(8-12-29)16-20(2)3)26-18-21-6-5-7-23(17-21)31-15-11-28-9-13-30-14-10-28/h5-7,17,20,22,29H,4,8-16,18-19H2,1-3H3,(H2,25,26,27). The Bertz CT molecular complexity index is 633. The Kier molecular flexibility index (Phi) is 12.3. The van der Waals surface area contributed by atoms with Crippen molar-refractivity contribution in [3.63, 3.8) is 0 Å². The summed E-state index contributed by atoms with van der Waals surface area (Å²) in [5.74, 6) is 2.76. The van der Waals surface area contributed by atoms with Gasteiger partial charge in [0.15, 0.2) is 5.96 Å². The summed E-state index contributed by atoms with van der Waals surface area (Å²) in [5.41, 5.74) is 1.12. The number of morpholine rings is 1. The number of hydrogen-bond donors (Lipinski definition) is 3. The molecule has 1 saturated heterocycles. The summed E-state index contributed by atoms with van der Waals surface area (Å²) in [6, 6.07) is 8.17. The van der Waals surface area contributed by atoms with Gasteiger partial charge in [0, 0.05) is 39.3 Å². The van der Waals surface area contributed by atoms with Crippen LogP contribution in [-0.4, -0.2) is 75.1 Å². The van der Waals surface area contributed by atoms with E-state index >= 15 is 0 Å². The lowest BCUT2D eigenvalue weighted by molar-refractivity contribution is 0.0322. The Labute approximate surface area is 188 Å². The first kappa shape index (κ1) is 25.4. The number of hydrogen-bond acceptors (Lipinski definition) is 5. The summed E-state index contributed by atoms with van der Waals surface area (Å²) < 4.78 is 11.3.